The summed E-state index contributed by atoms with van der Waals surface area (Å²) in [4.78, 5) is 2.53. The van der Waals surface area contributed by atoms with E-state index in [1.165, 1.54) is 32.4 Å². The molecule has 2 rings (SSSR count). The van der Waals surface area contributed by atoms with Crippen molar-refractivity contribution in [2.24, 2.45) is 5.41 Å². The summed E-state index contributed by atoms with van der Waals surface area (Å²) in [7, 11) is -2.75. The van der Waals surface area contributed by atoms with Gasteiger partial charge in [0, 0.05) is 25.7 Å². The molecule has 4 nitrogen and oxygen atoms in total. The summed E-state index contributed by atoms with van der Waals surface area (Å²) in [6.45, 7) is 8.99. The summed E-state index contributed by atoms with van der Waals surface area (Å²) in [5.74, 6) is 0.698. The van der Waals surface area contributed by atoms with Gasteiger partial charge < -0.3 is 10.2 Å². The number of hydrogen-bond acceptors (Lipinski definition) is 4. The average molecular weight is 288 g/mol. The Morgan fingerprint density at radius 3 is 2.58 bits per heavy atom. The summed E-state index contributed by atoms with van der Waals surface area (Å²) in [6.07, 6.45) is 4.65. The van der Waals surface area contributed by atoms with Crippen LogP contribution in [0.25, 0.3) is 0 Å². The SMILES string of the molecule is CCC1(CC)CCN(CCNC2CCS(=O)(=O)C2)C1. The van der Waals surface area contributed by atoms with Crippen LogP contribution in [0.2, 0.25) is 0 Å². The molecule has 0 aromatic heterocycles. The van der Waals surface area contributed by atoms with Gasteiger partial charge in [-0.3, -0.25) is 0 Å². The van der Waals surface area contributed by atoms with E-state index in [9.17, 15) is 8.42 Å². The van der Waals surface area contributed by atoms with E-state index in [1.807, 2.05) is 0 Å². The van der Waals surface area contributed by atoms with E-state index in [-0.39, 0.29) is 6.04 Å². The molecule has 2 fully saturated rings. The second kappa shape index (κ2) is 6.10. The van der Waals surface area contributed by atoms with Gasteiger partial charge in [-0.2, -0.15) is 0 Å². The molecular weight excluding hydrogens is 260 g/mol. The zero-order valence-electron chi connectivity index (χ0n) is 12.3. The molecule has 0 spiro atoms. The molecular formula is C14H28N2O2S. The van der Waals surface area contributed by atoms with E-state index in [1.54, 1.807) is 0 Å². The zero-order valence-corrected chi connectivity index (χ0v) is 13.1. The van der Waals surface area contributed by atoms with E-state index in [0.29, 0.717) is 16.9 Å². The Morgan fingerprint density at radius 2 is 2.05 bits per heavy atom. The van der Waals surface area contributed by atoms with E-state index < -0.39 is 9.84 Å². The second-order valence-corrected chi connectivity index (χ2v) is 8.52. The van der Waals surface area contributed by atoms with Crippen LogP contribution < -0.4 is 5.32 Å². The van der Waals surface area contributed by atoms with Crippen molar-refractivity contribution in [1.82, 2.24) is 10.2 Å². The third kappa shape index (κ3) is 3.92. The Kier molecular flexibility index (Phi) is 4.90. The number of nitrogens with one attached hydrogen (secondary N) is 1. The number of likely N-dealkylation sites (tertiary alicyclic amines) is 1. The van der Waals surface area contributed by atoms with Crippen molar-refractivity contribution in [2.75, 3.05) is 37.7 Å². The molecule has 0 radical (unpaired) electrons. The molecule has 0 bridgehead atoms. The Morgan fingerprint density at radius 1 is 1.32 bits per heavy atom. The number of sulfone groups is 1. The van der Waals surface area contributed by atoms with Crippen molar-refractivity contribution in [3.63, 3.8) is 0 Å². The second-order valence-electron chi connectivity index (χ2n) is 6.29. The van der Waals surface area contributed by atoms with Crippen molar-refractivity contribution in [3.8, 4) is 0 Å². The van der Waals surface area contributed by atoms with Crippen LogP contribution in [0, 0.1) is 5.41 Å². The topological polar surface area (TPSA) is 49.4 Å². The lowest BCUT2D eigenvalue weighted by atomic mass is 9.82. The Labute approximate surface area is 117 Å². The highest BCUT2D eigenvalue weighted by Gasteiger charge is 2.34. The van der Waals surface area contributed by atoms with Crippen LogP contribution in [0.4, 0.5) is 0 Å². The van der Waals surface area contributed by atoms with Crippen molar-refractivity contribution >= 4 is 9.84 Å². The molecule has 1 unspecified atom stereocenters. The van der Waals surface area contributed by atoms with Crippen LogP contribution in [-0.2, 0) is 9.84 Å². The smallest absolute Gasteiger partial charge is 0.151 e. The molecule has 2 aliphatic heterocycles. The van der Waals surface area contributed by atoms with Crippen molar-refractivity contribution in [1.29, 1.82) is 0 Å². The molecule has 112 valence electrons. The van der Waals surface area contributed by atoms with E-state index in [4.69, 9.17) is 0 Å². The highest BCUT2D eigenvalue weighted by molar-refractivity contribution is 7.91. The van der Waals surface area contributed by atoms with Crippen LogP contribution in [-0.4, -0.2) is 57.0 Å². The molecule has 0 aromatic carbocycles. The minimum Gasteiger partial charge on any atom is -0.312 e. The number of rotatable bonds is 6. The normalized spacial score (nSPS) is 29.9. The fourth-order valence-corrected chi connectivity index (χ4v) is 5.14. The summed E-state index contributed by atoms with van der Waals surface area (Å²) in [5.41, 5.74) is 0.538. The minimum atomic E-state index is -2.75. The third-order valence-electron chi connectivity index (χ3n) is 5.11. The maximum absolute atomic E-state index is 11.4. The summed E-state index contributed by atoms with van der Waals surface area (Å²) >= 11 is 0. The maximum atomic E-state index is 11.4. The Balaban J connectivity index is 1.68. The van der Waals surface area contributed by atoms with Gasteiger partial charge in [0.25, 0.3) is 0 Å². The van der Waals surface area contributed by atoms with Gasteiger partial charge in [-0.15, -0.1) is 0 Å². The van der Waals surface area contributed by atoms with E-state index >= 15 is 0 Å². The first-order valence-corrected chi connectivity index (χ1v) is 9.47. The van der Waals surface area contributed by atoms with Gasteiger partial charge in [0.15, 0.2) is 9.84 Å². The highest BCUT2D eigenvalue weighted by atomic mass is 32.2. The maximum Gasteiger partial charge on any atom is 0.151 e. The highest BCUT2D eigenvalue weighted by Crippen LogP contribution is 2.36. The predicted octanol–water partition coefficient (Wildman–Crippen LogP) is 1.28. The first-order chi connectivity index (χ1) is 8.99. The van der Waals surface area contributed by atoms with E-state index in [0.717, 1.165) is 19.5 Å². The summed E-state index contributed by atoms with van der Waals surface area (Å²) in [5, 5.41) is 3.41. The molecule has 0 aromatic rings. The molecule has 0 saturated carbocycles. The molecule has 2 heterocycles. The van der Waals surface area contributed by atoms with Gasteiger partial charge in [0.2, 0.25) is 0 Å². The van der Waals surface area contributed by atoms with Gasteiger partial charge in [-0.1, -0.05) is 13.8 Å². The molecule has 1 atom stereocenters. The lowest BCUT2D eigenvalue weighted by molar-refractivity contribution is 0.239. The number of hydrogen-bond donors (Lipinski definition) is 1. The van der Waals surface area contributed by atoms with Gasteiger partial charge in [-0.05, 0) is 37.6 Å². The molecule has 19 heavy (non-hydrogen) atoms. The average Bonchev–Trinajstić information content (AvgIpc) is 2.94. The van der Waals surface area contributed by atoms with Crippen LogP contribution in [0.3, 0.4) is 0 Å². The minimum absolute atomic E-state index is 0.190. The Hall–Kier alpha value is -0.130. The standard InChI is InChI=1S/C14H28N2O2S/c1-3-14(4-2)6-8-16(12-14)9-7-15-13-5-10-19(17,18)11-13/h13,15H,3-12H2,1-2H3. The molecule has 0 amide bonds. The van der Waals surface area contributed by atoms with Crippen LogP contribution in [0.15, 0.2) is 0 Å². The molecule has 5 heteroatoms. The van der Waals surface area contributed by atoms with Crippen LogP contribution >= 0.6 is 0 Å². The van der Waals surface area contributed by atoms with Crippen LogP contribution in [0.1, 0.15) is 39.5 Å². The fraction of sp³-hybridized carbons (Fsp3) is 1.00. The van der Waals surface area contributed by atoms with Gasteiger partial charge >= 0.3 is 0 Å². The quantitative estimate of drug-likeness (QED) is 0.800. The van der Waals surface area contributed by atoms with Crippen LogP contribution in [0.5, 0.6) is 0 Å². The molecule has 1 N–H and O–H groups in total. The fourth-order valence-electron chi connectivity index (χ4n) is 3.43. The first-order valence-electron chi connectivity index (χ1n) is 7.65. The molecule has 2 saturated heterocycles. The third-order valence-corrected chi connectivity index (χ3v) is 6.88. The number of nitrogens with zero attached hydrogens (tertiary/aromatic N) is 1. The lowest BCUT2D eigenvalue weighted by Crippen LogP contribution is -2.37. The van der Waals surface area contributed by atoms with Gasteiger partial charge in [0.05, 0.1) is 11.5 Å². The molecule has 0 aliphatic carbocycles. The van der Waals surface area contributed by atoms with E-state index in [2.05, 4.69) is 24.1 Å². The van der Waals surface area contributed by atoms with Crippen molar-refractivity contribution in [3.05, 3.63) is 0 Å². The molecule has 2 aliphatic rings. The van der Waals surface area contributed by atoms with Crippen molar-refractivity contribution < 1.29 is 8.42 Å². The summed E-state index contributed by atoms with van der Waals surface area (Å²) < 4.78 is 22.7. The van der Waals surface area contributed by atoms with Gasteiger partial charge in [-0.25, -0.2) is 8.42 Å². The Bertz CT molecular complexity index is 390. The first kappa shape index (κ1) is 15.3. The van der Waals surface area contributed by atoms with Gasteiger partial charge in [0.1, 0.15) is 0 Å². The monoisotopic (exact) mass is 288 g/mol. The summed E-state index contributed by atoms with van der Waals surface area (Å²) in [6, 6.07) is 0.190. The zero-order chi connectivity index (χ0) is 13.9. The largest absolute Gasteiger partial charge is 0.312 e. The lowest BCUT2D eigenvalue weighted by Gasteiger charge is -2.26. The van der Waals surface area contributed by atoms with Crippen molar-refractivity contribution in [2.45, 2.75) is 45.6 Å². The predicted molar refractivity (Wildman–Crippen MR) is 79.1 cm³/mol.